The molecule has 0 spiro atoms. The van der Waals surface area contributed by atoms with Crippen molar-refractivity contribution in [1.29, 1.82) is 0 Å². The van der Waals surface area contributed by atoms with Gasteiger partial charge in [0.05, 0.1) is 0 Å². The van der Waals surface area contributed by atoms with Crippen molar-refractivity contribution in [2.24, 2.45) is 5.92 Å². The molecule has 1 heterocycles. The molecule has 0 radical (unpaired) electrons. The van der Waals surface area contributed by atoms with Crippen LogP contribution < -0.4 is 5.32 Å². The van der Waals surface area contributed by atoms with E-state index in [1.165, 1.54) is 12.1 Å². The van der Waals surface area contributed by atoms with Gasteiger partial charge in [0, 0.05) is 37.8 Å². The number of halogens is 1. The number of nitrogens with one attached hydrogen (secondary N) is 1. The molecule has 1 aromatic heterocycles. The Balaban J connectivity index is 1.89. The first-order chi connectivity index (χ1) is 15.4. The zero-order valence-corrected chi connectivity index (χ0v) is 18.4. The molecule has 0 bridgehead atoms. The molecule has 2 aromatic carbocycles. The Labute approximate surface area is 188 Å². The van der Waals surface area contributed by atoms with Crippen LogP contribution in [-0.4, -0.2) is 27.7 Å². The molecular weight excluding hydrogens is 405 g/mol. The molecule has 1 unspecified atom stereocenters. The van der Waals surface area contributed by atoms with E-state index in [1.807, 2.05) is 56.3 Å². The van der Waals surface area contributed by atoms with Crippen LogP contribution in [0.2, 0.25) is 0 Å². The normalized spacial score (nSPS) is 11.8. The van der Waals surface area contributed by atoms with E-state index in [-0.39, 0.29) is 30.1 Å². The Morgan fingerprint density at radius 1 is 0.906 bits per heavy atom. The van der Waals surface area contributed by atoms with E-state index in [4.69, 9.17) is 0 Å². The van der Waals surface area contributed by atoms with Gasteiger partial charge in [0.1, 0.15) is 11.9 Å². The van der Waals surface area contributed by atoms with Crippen molar-refractivity contribution in [2.45, 2.75) is 39.4 Å². The van der Waals surface area contributed by atoms with Crippen LogP contribution in [-0.2, 0) is 29.1 Å². The van der Waals surface area contributed by atoms with Crippen LogP contribution >= 0.6 is 0 Å². The summed E-state index contributed by atoms with van der Waals surface area (Å²) in [6.07, 6.45) is 3.72. The van der Waals surface area contributed by atoms with Gasteiger partial charge in [0.15, 0.2) is 0 Å². The average Bonchev–Trinajstić information content (AvgIpc) is 2.81. The Kier molecular flexibility index (Phi) is 8.08. The minimum atomic E-state index is -0.709. The Hall–Kier alpha value is -3.54. The van der Waals surface area contributed by atoms with E-state index in [0.29, 0.717) is 13.0 Å². The molecule has 0 saturated heterocycles. The summed E-state index contributed by atoms with van der Waals surface area (Å²) in [5.41, 5.74) is 2.64. The summed E-state index contributed by atoms with van der Waals surface area (Å²) in [5, 5.41) is 2.97. The molecule has 5 nitrogen and oxygen atoms in total. The predicted octanol–water partition coefficient (Wildman–Crippen LogP) is 4.13. The quantitative estimate of drug-likeness (QED) is 0.552. The third-order valence-corrected chi connectivity index (χ3v) is 5.21. The van der Waals surface area contributed by atoms with Crippen LogP contribution in [0, 0.1) is 11.7 Å². The fraction of sp³-hybridized carbons (Fsp3) is 0.269. The topological polar surface area (TPSA) is 62.3 Å². The summed E-state index contributed by atoms with van der Waals surface area (Å²) >= 11 is 0. The van der Waals surface area contributed by atoms with Gasteiger partial charge < -0.3 is 10.2 Å². The van der Waals surface area contributed by atoms with Gasteiger partial charge >= 0.3 is 0 Å². The predicted molar refractivity (Wildman–Crippen MR) is 122 cm³/mol. The highest BCUT2D eigenvalue weighted by molar-refractivity contribution is 5.88. The second kappa shape index (κ2) is 11.2. The summed E-state index contributed by atoms with van der Waals surface area (Å²) in [6.45, 7) is 4.19. The lowest BCUT2D eigenvalue weighted by Gasteiger charge is -2.32. The fourth-order valence-corrected chi connectivity index (χ4v) is 3.45. The molecule has 166 valence electrons. The summed E-state index contributed by atoms with van der Waals surface area (Å²) in [4.78, 5) is 32.1. The Morgan fingerprint density at radius 2 is 1.56 bits per heavy atom. The Bertz CT molecular complexity index is 1010. The highest BCUT2D eigenvalue weighted by atomic mass is 19.1. The van der Waals surface area contributed by atoms with Crippen molar-refractivity contribution in [3.05, 3.63) is 102 Å². The summed E-state index contributed by atoms with van der Waals surface area (Å²) < 4.78 is 13.4. The van der Waals surface area contributed by atoms with Gasteiger partial charge in [-0.3, -0.25) is 14.6 Å². The van der Waals surface area contributed by atoms with Gasteiger partial charge in [-0.1, -0.05) is 56.3 Å². The zero-order chi connectivity index (χ0) is 22.9. The van der Waals surface area contributed by atoms with Crippen LogP contribution in [0.25, 0.3) is 0 Å². The van der Waals surface area contributed by atoms with Gasteiger partial charge in [0.2, 0.25) is 11.8 Å². The van der Waals surface area contributed by atoms with Gasteiger partial charge in [0.25, 0.3) is 0 Å². The number of benzene rings is 2. The minimum Gasteiger partial charge on any atom is -0.350 e. The second-order valence-corrected chi connectivity index (χ2v) is 8.03. The van der Waals surface area contributed by atoms with E-state index >= 15 is 0 Å². The molecule has 1 atom stereocenters. The number of nitrogens with zero attached hydrogens (tertiary/aromatic N) is 2. The van der Waals surface area contributed by atoms with Gasteiger partial charge in [-0.05, 0) is 41.0 Å². The number of aromatic nitrogens is 1. The smallest absolute Gasteiger partial charge is 0.243 e. The van der Waals surface area contributed by atoms with E-state index in [9.17, 15) is 14.0 Å². The van der Waals surface area contributed by atoms with Crippen molar-refractivity contribution >= 4 is 11.8 Å². The number of amides is 2. The lowest BCUT2D eigenvalue weighted by atomic mass is 10.0. The van der Waals surface area contributed by atoms with E-state index in [2.05, 4.69) is 10.3 Å². The zero-order valence-electron chi connectivity index (χ0n) is 18.4. The largest absolute Gasteiger partial charge is 0.350 e. The first-order valence-electron chi connectivity index (χ1n) is 10.7. The van der Waals surface area contributed by atoms with Crippen LogP contribution in [0.3, 0.4) is 0 Å². The van der Waals surface area contributed by atoms with Crippen molar-refractivity contribution in [3.63, 3.8) is 0 Å². The van der Waals surface area contributed by atoms with Crippen LogP contribution in [0.1, 0.15) is 30.5 Å². The third-order valence-electron chi connectivity index (χ3n) is 5.21. The monoisotopic (exact) mass is 433 g/mol. The SMILES string of the molecule is CC(C)C(=O)N(Cc1ccc(F)cc1)C(Cc1ccccc1)C(=O)NCc1ccncc1. The number of carbonyl (C=O) groups excluding carboxylic acids is 2. The van der Waals surface area contributed by atoms with Gasteiger partial charge in [-0.15, -0.1) is 0 Å². The first kappa shape index (κ1) is 23.1. The molecule has 3 aromatic rings. The lowest BCUT2D eigenvalue weighted by molar-refractivity contribution is -0.143. The molecule has 6 heteroatoms. The fourth-order valence-electron chi connectivity index (χ4n) is 3.45. The number of rotatable bonds is 9. The third kappa shape index (κ3) is 6.48. The maximum absolute atomic E-state index is 13.4. The maximum Gasteiger partial charge on any atom is 0.243 e. The summed E-state index contributed by atoms with van der Waals surface area (Å²) in [5.74, 6) is -0.996. The van der Waals surface area contributed by atoms with Gasteiger partial charge in [-0.2, -0.15) is 0 Å². The molecule has 1 N–H and O–H groups in total. The molecule has 0 fully saturated rings. The van der Waals surface area contributed by atoms with E-state index < -0.39 is 6.04 Å². The highest BCUT2D eigenvalue weighted by Crippen LogP contribution is 2.18. The number of pyridine rings is 1. The first-order valence-corrected chi connectivity index (χ1v) is 10.7. The second-order valence-electron chi connectivity index (χ2n) is 8.03. The van der Waals surface area contributed by atoms with Crippen LogP contribution in [0.4, 0.5) is 4.39 Å². The maximum atomic E-state index is 13.4. The molecule has 0 aliphatic rings. The molecule has 3 rings (SSSR count). The average molecular weight is 434 g/mol. The molecular formula is C26H28FN3O2. The number of hydrogen-bond acceptors (Lipinski definition) is 3. The van der Waals surface area contributed by atoms with Crippen molar-refractivity contribution in [3.8, 4) is 0 Å². The molecule has 0 aliphatic carbocycles. The van der Waals surface area contributed by atoms with Gasteiger partial charge in [-0.25, -0.2) is 4.39 Å². The van der Waals surface area contributed by atoms with Crippen LogP contribution in [0.5, 0.6) is 0 Å². The van der Waals surface area contributed by atoms with Crippen molar-refractivity contribution in [2.75, 3.05) is 0 Å². The molecule has 2 amide bonds. The number of hydrogen-bond donors (Lipinski definition) is 1. The van der Waals surface area contributed by atoms with Crippen molar-refractivity contribution < 1.29 is 14.0 Å². The number of carbonyl (C=O) groups is 2. The summed E-state index contributed by atoms with van der Waals surface area (Å²) in [6, 6.07) is 18.6. The lowest BCUT2D eigenvalue weighted by Crippen LogP contribution is -2.51. The summed E-state index contributed by atoms with van der Waals surface area (Å²) in [7, 11) is 0. The molecule has 32 heavy (non-hydrogen) atoms. The standard InChI is InChI=1S/C26H28FN3O2/c1-19(2)26(32)30(18-22-8-10-23(27)11-9-22)24(16-20-6-4-3-5-7-20)25(31)29-17-21-12-14-28-15-13-21/h3-15,19,24H,16-18H2,1-2H3,(H,29,31). The van der Waals surface area contributed by atoms with E-state index in [1.54, 1.807) is 29.4 Å². The molecule has 0 aliphatic heterocycles. The van der Waals surface area contributed by atoms with E-state index in [0.717, 1.165) is 16.7 Å². The van der Waals surface area contributed by atoms with Crippen molar-refractivity contribution in [1.82, 2.24) is 15.2 Å². The highest BCUT2D eigenvalue weighted by Gasteiger charge is 2.31. The molecule has 0 saturated carbocycles. The minimum absolute atomic E-state index is 0.130. The van der Waals surface area contributed by atoms with Crippen LogP contribution in [0.15, 0.2) is 79.1 Å². The Morgan fingerprint density at radius 3 is 2.19 bits per heavy atom.